The van der Waals surface area contributed by atoms with Gasteiger partial charge in [0.25, 0.3) is 5.56 Å². The summed E-state index contributed by atoms with van der Waals surface area (Å²) < 4.78 is 6.69. The summed E-state index contributed by atoms with van der Waals surface area (Å²) in [4.78, 5) is 13.8. The van der Waals surface area contributed by atoms with E-state index < -0.39 is 0 Å². The highest BCUT2D eigenvalue weighted by atomic mass is 16.1. The number of hydrogen-bond donors (Lipinski definition) is 0. The molecule has 0 amide bonds. The molecule has 0 spiro atoms. The van der Waals surface area contributed by atoms with E-state index in [-0.39, 0.29) is 5.56 Å². The van der Waals surface area contributed by atoms with E-state index >= 15 is 0 Å². The molecule has 0 unspecified atom stereocenters. The molecular weight excluding hydrogens is 719 g/mol. The minimum Gasteiger partial charge on any atom is -0.309 e. The summed E-state index contributed by atoms with van der Waals surface area (Å²) in [5.41, 5.74) is 14.6. The van der Waals surface area contributed by atoms with E-state index in [0.29, 0.717) is 5.56 Å². The summed E-state index contributed by atoms with van der Waals surface area (Å²) in [6, 6.07) is 63.1. The molecule has 276 valence electrons. The van der Waals surface area contributed by atoms with E-state index in [1.165, 1.54) is 43.6 Å². The van der Waals surface area contributed by atoms with Gasteiger partial charge in [-0.15, -0.1) is 0 Å². The predicted octanol–water partition coefficient (Wildman–Crippen LogP) is 13.9. The molecule has 0 bridgehead atoms. The number of aromatic nitrogens is 3. The first-order chi connectivity index (χ1) is 29.1. The molecule has 0 aliphatic rings. The minimum absolute atomic E-state index is 0.0746. The first kappa shape index (κ1) is 33.2. The third-order valence-corrected chi connectivity index (χ3v) is 12.3. The molecular formula is C55H35N3O. The Labute approximate surface area is 339 Å². The van der Waals surface area contributed by atoms with Gasteiger partial charge in [0.2, 0.25) is 0 Å². The number of benzene rings is 8. The van der Waals surface area contributed by atoms with Gasteiger partial charge in [0.05, 0.1) is 33.1 Å². The highest BCUT2D eigenvalue weighted by molar-refractivity contribution is 6.26. The third-order valence-electron chi connectivity index (χ3n) is 12.3. The van der Waals surface area contributed by atoms with Crippen LogP contribution < -0.4 is 5.56 Å². The van der Waals surface area contributed by atoms with Crippen LogP contribution >= 0.6 is 0 Å². The van der Waals surface area contributed by atoms with E-state index in [9.17, 15) is 4.79 Å². The number of fused-ring (bicyclic) bond motifs is 10. The maximum Gasteiger partial charge on any atom is 0.263 e. The molecule has 4 nitrogen and oxygen atoms in total. The number of pyridine rings is 1. The molecule has 0 aliphatic heterocycles. The smallest absolute Gasteiger partial charge is 0.263 e. The maximum atomic E-state index is 13.8. The minimum atomic E-state index is -0.0746. The second-order valence-corrected chi connectivity index (χ2v) is 15.3. The van der Waals surface area contributed by atoms with E-state index in [1.807, 2.05) is 4.40 Å². The highest BCUT2D eigenvalue weighted by Gasteiger charge is 2.22. The van der Waals surface area contributed by atoms with E-state index in [0.717, 1.165) is 66.4 Å². The van der Waals surface area contributed by atoms with Crippen molar-refractivity contribution in [2.75, 3.05) is 0 Å². The monoisotopic (exact) mass is 753 g/mol. The van der Waals surface area contributed by atoms with Gasteiger partial charge < -0.3 is 9.13 Å². The van der Waals surface area contributed by atoms with Crippen molar-refractivity contribution in [3.8, 4) is 33.6 Å². The first-order valence-corrected chi connectivity index (χ1v) is 20.0. The first-order valence-electron chi connectivity index (χ1n) is 20.0. The lowest BCUT2D eigenvalue weighted by atomic mass is 9.97. The van der Waals surface area contributed by atoms with Crippen LogP contribution in [0, 0.1) is 0 Å². The zero-order chi connectivity index (χ0) is 39.4. The Hall–Kier alpha value is -7.95. The van der Waals surface area contributed by atoms with Gasteiger partial charge in [-0.25, -0.2) is 0 Å². The zero-order valence-electron chi connectivity index (χ0n) is 32.1. The topological polar surface area (TPSA) is 31.3 Å². The van der Waals surface area contributed by atoms with Crippen molar-refractivity contribution in [1.29, 1.82) is 0 Å². The van der Waals surface area contributed by atoms with E-state index in [2.05, 4.69) is 198 Å². The average Bonchev–Trinajstić information content (AvgIpc) is 3.94. The molecule has 0 saturated heterocycles. The summed E-state index contributed by atoms with van der Waals surface area (Å²) in [5.74, 6) is 0. The number of hydrogen-bond acceptors (Lipinski definition) is 1. The Morgan fingerprint density at radius 1 is 0.373 bits per heavy atom. The van der Waals surface area contributed by atoms with Crippen molar-refractivity contribution in [3.05, 3.63) is 211 Å². The number of rotatable bonds is 6. The normalized spacial score (nSPS) is 11.9. The summed E-state index contributed by atoms with van der Waals surface area (Å²) in [6.07, 6.45) is 3.41. The van der Waals surface area contributed by atoms with Crippen molar-refractivity contribution in [2.24, 2.45) is 0 Å². The Bertz CT molecular complexity index is 3790. The summed E-state index contributed by atoms with van der Waals surface area (Å²) in [5, 5.41) is 8.04. The van der Waals surface area contributed by atoms with Gasteiger partial charge in [0, 0.05) is 54.6 Å². The van der Waals surface area contributed by atoms with Crippen molar-refractivity contribution in [2.45, 2.75) is 0 Å². The van der Waals surface area contributed by atoms with Crippen molar-refractivity contribution < 1.29 is 0 Å². The summed E-state index contributed by atoms with van der Waals surface area (Å²) >= 11 is 0. The Kier molecular flexibility index (Phi) is 7.05. The second-order valence-electron chi connectivity index (χ2n) is 15.3. The van der Waals surface area contributed by atoms with Crippen LogP contribution in [-0.4, -0.2) is 13.5 Å². The lowest BCUT2D eigenvalue weighted by Gasteiger charge is -2.12. The van der Waals surface area contributed by atoms with E-state index in [1.54, 1.807) is 12.2 Å². The van der Waals surface area contributed by atoms with Gasteiger partial charge >= 0.3 is 0 Å². The maximum absolute atomic E-state index is 13.8. The number of para-hydroxylation sites is 4. The molecule has 4 aromatic heterocycles. The van der Waals surface area contributed by atoms with Crippen LogP contribution in [0.25, 0.3) is 117 Å². The molecule has 4 heterocycles. The second kappa shape index (κ2) is 12.5. The van der Waals surface area contributed by atoms with Gasteiger partial charge in [-0.1, -0.05) is 141 Å². The fourth-order valence-electron chi connectivity index (χ4n) is 9.81. The summed E-state index contributed by atoms with van der Waals surface area (Å²) in [6.45, 7) is 7.98. The lowest BCUT2D eigenvalue weighted by Crippen LogP contribution is -2.17. The van der Waals surface area contributed by atoms with Crippen LogP contribution in [0.3, 0.4) is 0 Å². The summed E-state index contributed by atoms with van der Waals surface area (Å²) in [7, 11) is 0. The molecule has 0 N–H and O–H groups in total. The largest absolute Gasteiger partial charge is 0.309 e. The SMILES string of the molecule is C=Cc1c(C=C)c2cccc3c4cc(-c5cccc(-c6cccc(-n7c8ccccc8c8c7ccc7c9ccccc9n(-c9ccccc9)c78)c6)c5)ccc4n(c1=O)c23. The van der Waals surface area contributed by atoms with Gasteiger partial charge in [-0.05, 0) is 88.5 Å². The molecule has 0 aliphatic carbocycles. The average molecular weight is 754 g/mol. The fourth-order valence-corrected chi connectivity index (χ4v) is 9.81. The molecule has 0 radical (unpaired) electrons. The van der Waals surface area contributed by atoms with Crippen molar-refractivity contribution in [3.63, 3.8) is 0 Å². The van der Waals surface area contributed by atoms with Crippen LogP contribution in [0.4, 0.5) is 0 Å². The van der Waals surface area contributed by atoms with Crippen LogP contribution in [0.1, 0.15) is 11.1 Å². The number of nitrogens with zero attached hydrogens (tertiary/aromatic N) is 3. The van der Waals surface area contributed by atoms with Gasteiger partial charge in [0.1, 0.15) is 0 Å². The predicted molar refractivity (Wildman–Crippen MR) is 250 cm³/mol. The lowest BCUT2D eigenvalue weighted by molar-refractivity contribution is 1.17. The van der Waals surface area contributed by atoms with Crippen molar-refractivity contribution in [1.82, 2.24) is 13.5 Å². The Morgan fingerprint density at radius 3 is 1.73 bits per heavy atom. The van der Waals surface area contributed by atoms with Crippen LogP contribution in [0.2, 0.25) is 0 Å². The standard InChI is InChI=1S/C55H35N3O/c1-3-40-41(4-2)55(59)58-50-29-27-37(33-47(50)44-24-14-23-43(40)53(44)58)35-16-12-15-34(31-35)36-17-13-20-39(32-36)56-49-26-11-9-22-46(49)52-51(56)30-28-45-42-21-8-10-25-48(42)57(54(45)52)38-18-6-5-7-19-38/h3-33H,1-2H2. The molecule has 59 heavy (non-hydrogen) atoms. The third kappa shape index (κ3) is 4.63. The molecule has 4 heteroatoms. The van der Waals surface area contributed by atoms with Crippen LogP contribution in [0.15, 0.2) is 194 Å². The molecule has 0 saturated carbocycles. The van der Waals surface area contributed by atoms with Crippen molar-refractivity contribution >= 4 is 83.0 Å². The molecule has 12 rings (SSSR count). The highest BCUT2D eigenvalue weighted by Crippen LogP contribution is 2.43. The zero-order valence-corrected chi connectivity index (χ0v) is 32.1. The van der Waals surface area contributed by atoms with Crippen LogP contribution in [-0.2, 0) is 0 Å². The Balaban J connectivity index is 1.02. The fraction of sp³-hybridized carbons (Fsp3) is 0. The van der Waals surface area contributed by atoms with Gasteiger partial charge in [-0.2, -0.15) is 0 Å². The van der Waals surface area contributed by atoms with Gasteiger partial charge in [0.15, 0.2) is 0 Å². The molecule has 0 atom stereocenters. The molecule has 0 fully saturated rings. The van der Waals surface area contributed by atoms with Gasteiger partial charge in [-0.3, -0.25) is 9.20 Å². The van der Waals surface area contributed by atoms with E-state index in [4.69, 9.17) is 0 Å². The van der Waals surface area contributed by atoms with Crippen LogP contribution in [0.5, 0.6) is 0 Å². The quantitative estimate of drug-likeness (QED) is 0.166. The Morgan fingerprint density at radius 2 is 0.949 bits per heavy atom. The molecule has 8 aromatic carbocycles. The molecule has 12 aromatic rings.